The van der Waals surface area contributed by atoms with E-state index in [9.17, 15) is 18.0 Å². The predicted octanol–water partition coefficient (Wildman–Crippen LogP) is 5.77. The fraction of sp³-hybridized carbons (Fsp3) is 0.179. The lowest BCUT2D eigenvalue weighted by molar-refractivity contribution is -0.121. The van der Waals surface area contributed by atoms with Crippen molar-refractivity contribution in [2.24, 2.45) is 9.98 Å². The van der Waals surface area contributed by atoms with E-state index in [1.165, 1.54) is 30.6 Å². The third kappa shape index (κ3) is 5.75. The number of H-pyrrole nitrogens is 1. The van der Waals surface area contributed by atoms with Gasteiger partial charge in [0.25, 0.3) is 0 Å². The summed E-state index contributed by atoms with van der Waals surface area (Å²) in [7, 11) is 0. The molecule has 0 radical (unpaired) electrons. The number of aromatic amines is 1. The van der Waals surface area contributed by atoms with Gasteiger partial charge in [0.2, 0.25) is 5.91 Å². The number of carbonyl (C=O) groups is 1. The third-order valence-electron chi connectivity index (χ3n) is 6.39. The lowest BCUT2D eigenvalue weighted by Crippen LogP contribution is -2.48. The van der Waals surface area contributed by atoms with Gasteiger partial charge >= 0.3 is 0 Å². The molecular weight excluding hydrogens is 501 g/mol. The molecule has 1 amide bonds. The van der Waals surface area contributed by atoms with Crippen molar-refractivity contribution in [3.8, 4) is 0 Å². The smallest absolute Gasteiger partial charge is 0.224 e. The molecule has 37 heavy (non-hydrogen) atoms. The Kier molecular flexibility index (Phi) is 7.10. The number of aliphatic imine (C=N–C) groups is 2. The highest BCUT2D eigenvalue weighted by molar-refractivity contribution is 6.30. The van der Waals surface area contributed by atoms with Crippen LogP contribution in [0.2, 0.25) is 5.02 Å². The predicted molar refractivity (Wildman–Crippen MR) is 139 cm³/mol. The molecule has 4 aromatic rings. The van der Waals surface area contributed by atoms with Gasteiger partial charge in [-0.2, -0.15) is 0 Å². The second kappa shape index (κ2) is 10.6. The van der Waals surface area contributed by atoms with Crippen molar-refractivity contribution in [2.75, 3.05) is 0 Å². The van der Waals surface area contributed by atoms with Gasteiger partial charge in [0.15, 0.2) is 0 Å². The van der Waals surface area contributed by atoms with Crippen molar-refractivity contribution in [3.05, 3.63) is 106 Å². The average Bonchev–Trinajstić information content (AvgIpc) is 3.25. The van der Waals surface area contributed by atoms with Gasteiger partial charge in [0, 0.05) is 40.3 Å². The first-order valence-electron chi connectivity index (χ1n) is 11.7. The molecule has 188 valence electrons. The molecule has 0 spiro atoms. The molecule has 0 bridgehead atoms. The maximum atomic E-state index is 14.0. The van der Waals surface area contributed by atoms with Crippen LogP contribution >= 0.6 is 11.6 Å². The molecule has 5 rings (SSSR count). The quantitative estimate of drug-likeness (QED) is 0.318. The molecule has 3 atom stereocenters. The Bertz CT molecular complexity index is 1480. The van der Waals surface area contributed by atoms with Gasteiger partial charge in [-0.3, -0.25) is 9.79 Å². The molecule has 0 saturated heterocycles. The molecule has 1 aliphatic heterocycles. The summed E-state index contributed by atoms with van der Waals surface area (Å²) in [5.41, 5.74) is 2.61. The minimum Gasteiger partial charge on any atom is -0.361 e. The van der Waals surface area contributed by atoms with Gasteiger partial charge in [-0.05, 0) is 65.6 Å². The standard InChI is InChI=1S/C28H22ClF3N4O/c29-19-3-1-17(2-4-19)24-14-33-15-35-28(24)26(9-16-7-21(31)11-22(32)8-16)36-27(37)10-18-13-34-25-6-5-20(30)12-23(18)25/h1-8,11-15,24,26,28,34H,9-10H2,(H,36,37)/t24?,26-,28?/m1/s1. The Labute approximate surface area is 216 Å². The first-order chi connectivity index (χ1) is 17.9. The molecule has 1 aromatic heterocycles. The topological polar surface area (TPSA) is 69.6 Å². The molecule has 2 unspecified atom stereocenters. The van der Waals surface area contributed by atoms with E-state index in [4.69, 9.17) is 11.6 Å². The Morgan fingerprint density at radius 1 is 1.00 bits per heavy atom. The number of hydrogen-bond donors (Lipinski definition) is 2. The third-order valence-corrected chi connectivity index (χ3v) is 6.64. The van der Waals surface area contributed by atoms with Crippen LogP contribution < -0.4 is 5.32 Å². The van der Waals surface area contributed by atoms with Crippen molar-refractivity contribution in [1.29, 1.82) is 0 Å². The molecule has 0 aliphatic carbocycles. The van der Waals surface area contributed by atoms with Crippen LogP contribution in [0.15, 0.2) is 76.8 Å². The number of carbonyl (C=O) groups excluding carboxylic acids is 1. The van der Waals surface area contributed by atoms with E-state index in [1.54, 1.807) is 30.6 Å². The number of hydrogen-bond acceptors (Lipinski definition) is 3. The van der Waals surface area contributed by atoms with Gasteiger partial charge in [-0.1, -0.05) is 23.7 Å². The lowest BCUT2D eigenvalue weighted by atomic mass is 9.85. The maximum absolute atomic E-state index is 14.0. The molecule has 1 aliphatic rings. The Hall–Kier alpha value is -3.91. The molecular formula is C28H22ClF3N4O. The summed E-state index contributed by atoms with van der Waals surface area (Å²) in [6, 6.07) is 13.7. The molecule has 9 heteroatoms. The molecule has 2 heterocycles. The number of fused-ring (bicyclic) bond motifs is 1. The summed E-state index contributed by atoms with van der Waals surface area (Å²) in [4.78, 5) is 25.0. The molecule has 0 saturated carbocycles. The Morgan fingerprint density at radius 2 is 1.76 bits per heavy atom. The number of nitrogens with zero attached hydrogens (tertiary/aromatic N) is 2. The number of halogens is 4. The molecule has 2 N–H and O–H groups in total. The normalized spacial score (nSPS) is 17.7. The second-order valence-corrected chi connectivity index (χ2v) is 9.40. The largest absolute Gasteiger partial charge is 0.361 e. The number of aromatic nitrogens is 1. The second-order valence-electron chi connectivity index (χ2n) is 8.97. The van der Waals surface area contributed by atoms with Crippen LogP contribution in [0.5, 0.6) is 0 Å². The Balaban J connectivity index is 1.44. The number of rotatable bonds is 7. The van der Waals surface area contributed by atoms with E-state index in [-0.39, 0.29) is 24.7 Å². The molecule has 0 fully saturated rings. The molecule has 3 aromatic carbocycles. The zero-order valence-corrected chi connectivity index (χ0v) is 20.2. The highest BCUT2D eigenvalue weighted by atomic mass is 35.5. The van der Waals surface area contributed by atoms with E-state index in [0.717, 1.165) is 11.6 Å². The van der Waals surface area contributed by atoms with Crippen LogP contribution in [0.25, 0.3) is 10.9 Å². The number of nitrogens with one attached hydrogen (secondary N) is 2. The van der Waals surface area contributed by atoms with Crippen molar-refractivity contribution >= 4 is 41.0 Å². The Morgan fingerprint density at radius 3 is 2.51 bits per heavy atom. The average molecular weight is 523 g/mol. The summed E-state index contributed by atoms with van der Waals surface area (Å²) < 4.78 is 41.8. The fourth-order valence-electron chi connectivity index (χ4n) is 4.72. The van der Waals surface area contributed by atoms with Crippen molar-refractivity contribution in [3.63, 3.8) is 0 Å². The van der Waals surface area contributed by atoms with E-state index in [2.05, 4.69) is 20.3 Å². The van der Waals surface area contributed by atoms with Crippen LogP contribution in [0, 0.1) is 17.5 Å². The highest BCUT2D eigenvalue weighted by Crippen LogP contribution is 2.28. The van der Waals surface area contributed by atoms with Gasteiger partial charge < -0.3 is 10.3 Å². The SMILES string of the molecule is O=C(Cc1c[nH]c2ccc(F)cc12)N[C@H](Cc1cc(F)cc(F)c1)C1N=CN=CC1c1ccc(Cl)cc1. The summed E-state index contributed by atoms with van der Waals surface area (Å²) >= 11 is 6.06. The van der Waals surface area contributed by atoms with Crippen LogP contribution in [0.1, 0.15) is 22.6 Å². The lowest BCUT2D eigenvalue weighted by Gasteiger charge is -2.31. The summed E-state index contributed by atoms with van der Waals surface area (Å²) in [5.74, 6) is -2.46. The zero-order chi connectivity index (χ0) is 25.9. The van der Waals surface area contributed by atoms with Gasteiger partial charge in [-0.25, -0.2) is 18.2 Å². The monoisotopic (exact) mass is 522 g/mol. The maximum Gasteiger partial charge on any atom is 0.224 e. The van der Waals surface area contributed by atoms with Crippen LogP contribution in [0.4, 0.5) is 13.2 Å². The van der Waals surface area contributed by atoms with Crippen molar-refractivity contribution < 1.29 is 18.0 Å². The minimum atomic E-state index is -0.705. The van der Waals surface area contributed by atoms with E-state index in [0.29, 0.717) is 27.1 Å². The minimum absolute atomic E-state index is 0.0202. The van der Waals surface area contributed by atoms with E-state index in [1.807, 2.05) is 12.1 Å². The first-order valence-corrected chi connectivity index (χ1v) is 12.0. The summed E-state index contributed by atoms with van der Waals surface area (Å²) in [6.07, 6.45) is 4.92. The van der Waals surface area contributed by atoms with Crippen LogP contribution in [0.3, 0.4) is 0 Å². The van der Waals surface area contributed by atoms with Gasteiger partial charge in [-0.15, -0.1) is 0 Å². The molecule has 5 nitrogen and oxygen atoms in total. The number of amides is 1. The van der Waals surface area contributed by atoms with Crippen LogP contribution in [-0.4, -0.2) is 35.5 Å². The van der Waals surface area contributed by atoms with Crippen molar-refractivity contribution in [1.82, 2.24) is 10.3 Å². The van der Waals surface area contributed by atoms with Gasteiger partial charge in [0.1, 0.15) is 23.8 Å². The van der Waals surface area contributed by atoms with E-state index < -0.39 is 29.5 Å². The summed E-state index contributed by atoms with van der Waals surface area (Å²) in [6.45, 7) is 0. The van der Waals surface area contributed by atoms with Crippen molar-refractivity contribution in [2.45, 2.75) is 30.8 Å². The van der Waals surface area contributed by atoms with E-state index >= 15 is 0 Å². The zero-order valence-electron chi connectivity index (χ0n) is 19.5. The number of benzene rings is 3. The van der Waals surface area contributed by atoms with Crippen LogP contribution in [-0.2, 0) is 17.6 Å². The van der Waals surface area contributed by atoms with Gasteiger partial charge in [0.05, 0.1) is 18.5 Å². The fourth-order valence-corrected chi connectivity index (χ4v) is 4.84. The first kappa shape index (κ1) is 24.8. The highest BCUT2D eigenvalue weighted by Gasteiger charge is 2.32. The summed E-state index contributed by atoms with van der Waals surface area (Å²) in [5, 5.41) is 4.20.